The molecular weight excluding hydrogens is 427 g/mol. The Kier molecular flexibility index (Phi) is 6.35. The van der Waals surface area contributed by atoms with Gasteiger partial charge >= 0.3 is 0 Å². The number of halogens is 2. The normalized spacial score (nSPS) is 10.4. The van der Waals surface area contributed by atoms with E-state index in [1.165, 1.54) is 16.9 Å². The number of pyridine rings is 1. The van der Waals surface area contributed by atoms with Crippen LogP contribution in [0.4, 0.5) is 5.69 Å². The summed E-state index contributed by atoms with van der Waals surface area (Å²) in [5.41, 5.74) is 2.16. The average Bonchev–Trinajstić information content (AvgIpc) is 3.09. The van der Waals surface area contributed by atoms with Gasteiger partial charge in [0.15, 0.2) is 11.0 Å². The first-order valence-corrected chi connectivity index (χ1v) is 9.51. The summed E-state index contributed by atoms with van der Waals surface area (Å²) in [7, 11) is 0. The Morgan fingerprint density at radius 2 is 1.97 bits per heavy atom. The van der Waals surface area contributed by atoms with E-state index < -0.39 is 11.8 Å². The lowest BCUT2D eigenvalue weighted by molar-refractivity contribution is 0.0959. The van der Waals surface area contributed by atoms with Crippen molar-refractivity contribution >= 4 is 40.7 Å². The molecule has 152 valence electrons. The van der Waals surface area contributed by atoms with E-state index in [9.17, 15) is 9.59 Å². The molecule has 0 saturated heterocycles. The van der Waals surface area contributed by atoms with E-state index in [0.29, 0.717) is 11.3 Å². The van der Waals surface area contributed by atoms with Gasteiger partial charge in [0.25, 0.3) is 11.8 Å². The van der Waals surface area contributed by atoms with Gasteiger partial charge in [0.2, 0.25) is 0 Å². The third-order valence-corrected chi connectivity index (χ3v) is 4.62. The predicted molar refractivity (Wildman–Crippen MR) is 113 cm³/mol. The van der Waals surface area contributed by atoms with Crippen molar-refractivity contribution < 1.29 is 9.59 Å². The molecule has 2 aromatic heterocycles. The topological polar surface area (TPSA) is 113 Å². The van der Waals surface area contributed by atoms with Crippen LogP contribution in [0.5, 0.6) is 0 Å². The van der Waals surface area contributed by atoms with Gasteiger partial charge < -0.3 is 10.6 Å². The molecule has 0 radical (unpaired) electrons. The van der Waals surface area contributed by atoms with Gasteiger partial charge in [-0.15, -0.1) is 0 Å². The fourth-order valence-electron chi connectivity index (χ4n) is 2.91. The minimum Gasteiger partial charge on any atom is -0.339 e. The van der Waals surface area contributed by atoms with Crippen molar-refractivity contribution in [1.29, 1.82) is 5.26 Å². The highest BCUT2D eigenvalue weighted by Crippen LogP contribution is 2.26. The lowest BCUT2D eigenvalue weighted by atomic mass is 10.0. The zero-order valence-corrected chi connectivity index (χ0v) is 17.5. The number of benzene rings is 1. The van der Waals surface area contributed by atoms with Crippen molar-refractivity contribution in [3.8, 4) is 11.9 Å². The molecule has 2 heterocycles. The number of carbonyl (C=O) groups excluding carboxylic acids is 2. The zero-order chi connectivity index (χ0) is 21.8. The molecule has 0 aliphatic carbocycles. The molecule has 2 N–H and O–H groups in total. The van der Waals surface area contributed by atoms with Crippen molar-refractivity contribution in [3.63, 3.8) is 0 Å². The number of carbonyl (C=O) groups is 2. The van der Waals surface area contributed by atoms with Crippen LogP contribution < -0.4 is 10.6 Å². The van der Waals surface area contributed by atoms with Gasteiger partial charge in [-0.1, -0.05) is 29.3 Å². The molecule has 10 heteroatoms. The molecule has 1 aromatic carbocycles. The number of hydrogen-bond acceptors (Lipinski definition) is 5. The van der Waals surface area contributed by atoms with Crippen LogP contribution in [0.1, 0.15) is 32.0 Å². The minimum absolute atomic E-state index is 0.0782. The number of nitriles is 1. The number of hydrogen-bond donors (Lipinski definition) is 2. The summed E-state index contributed by atoms with van der Waals surface area (Å²) in [6, 6.07) is 9.96. The summed E-state index contributed by atoms with van der Waals surface area (Å²) in [5, 5.41) is 18.4. The molecule has 0 fully saturated rings. The van der Waals surface area contributed by atoms with E-state index in [4.69, 9.17) is 28.5 Å². The number of nitrogens with zero attached hydrogens (tertiary/aromatic N) is 4. The maximum atomic E-state index is 13.1. The van der Waals surface area contributed by atoms with Gasteiger partial charge in [-0.2, -0.15) is 10.4 Å². The molecule has 2 amide bonds. The minimum atomic E-state index is -0.558. The highest BCUT2D eigenvalue weighted by molar-refractivity contribution is 6.32. The Balaban J connectivity index is 2.01. The van der Waals surface area contributed by atoms with Crippen molar-refractivity contribution in [3.05, 3.63) is 69.1 Å². The van der Waals surface area contributed by atoms with E-state index in [0.717, 1.165) is 5.56 Å². The van der Waals surface area contributed by atoms with Crippen LogP contribution in [-0.4, -0.2) is 33.1 Å². The summed E-state index contributed by atoms with van der Waals surface area (Å²) in [4.78, 5) is 29.7. The molecular formula is C20H16Cl2N6O2. The molecule has 3 rings (SSSR count). The Labute approximate surface area is 182 Å². The van der Waals surface area contributed by atoms with E-state index in [2.05, 4.69) is 20.7 Å². The van der Waals surface area contributed by atoms with Gasteiger partial charge in [-0.3, -0.25) is 9.59 Å². The highest BCUT2D eigenvalue weighted by atomic mass is 35.5. The first kappa shape index (κ1) is 21.3. The Hall–Kier alpha value is -3.41. The number of anilines is 1. The quantitative estimate of drug-likeness (QED) is 0.584. The van der Waals surface area contributed by atoms with Crippen LogP contribution >= 0.6 is 23.2 Å². The molecule has 0 saturated carbocycles. The van der Waals surface area contributed by atoms with Crippen LogP contribution in [0.3, 0.4) is 0 Å². The van der Waals surface area contributed by atoms with E-state index in [-0.39, 0.29) is 33.8 Å². The summed E-state index contributed by atoms with van der Waals surface area (Å²) < 4.78 is 1.24. The average molecular weight is 443 g/mol. The molecule has 3 aromatic rings. The SMILES string of the molecule is Cc1cc(C)c(NC(=O)c2cc(Cl)nn2-c2ncccc2Cl)c(C(=O)NCC#N)c1. The number of nitrogens with one attached hydrogen (secondary N) is 2. The molecule has 30 heavy (non-hydrogen) atoms. The summed E-state index contributed by atoms with van der Waals surface area (Å²) in [6.45, 7) is 3.45. The third kappa shape index (κ3) is 4.43. The summed E-state index contributed by atoms with van der Waals surface area (Å²) in [6.07, 6.45) is 1.51. The molecule has 0 spiro atoms. The van der Waals surface area contributed by atoms with Crippen molar-refractivity contribution in [2.45, 2.75) is 13.8 Å². The van der Waals surface area contributed by atoms with Crippen molar-refractivity contribution in [2.75, 3.05) is 11.9 Å². The Bertz CT molecular complexity index is 1180. The first-order chi connectivity index (χ1) is 14.3. The van der Waals surface area contributed by atoms with Crippen molar-refractivity contribution in [1.82, 2.24) is 20.1 Å². The van der Waals surface area contributed by atoms with Crippen LogP contribution in [0.2, 0.25) is 10.2 Å². The number of amides is 2. The lowest BCUT2D eigenvalue weighted by Gasteiger charge is -2.15. The maximum Gasteiger partial charge on any atom is 0.274 e. The van der Waals surface area contributed by atoms with Gasteiger partial charge in [0.05, 0.1) is 22.3 Å². The Morgan fingerprint density at radius 3 is 2.67 bits per heavy atom. The number of aryl methyl sites for hydroxylation is 2. The van der Waals surface area contributed by atoms with Crippen LogP contribution in [0.15, 0.2) is 36.5 Å². The predicted octanol–water partition coefficient (Wildman–Crippen LogP) is 3.70. The Morgan fingerprint density at radius 1 is 1.20 bits per heavy atom. The van der Waals surface area contributed by atoms with Crippen LogP contribution in [0, 0.1) is 25.2 Å². The molecule has 8 nitrogen and oxygen atoms in total. The van der Waals surface area contributed by atoms with Gasteiger partial charge in [0, 0.05) is 12.3 Å². The number of rotatable bonds is 5. The smallest absolute Gasteiger partial charge is 0.274 e. The second-order valence-electron chi connectivity index (χ2n) is 6.37. The summed E-state index contributed by atoms with van der Waals surface area (Å²) >= 11 is 12.2. The lowest BCUT2D eigenvalue weighted by Crippen LogP contribution is -2.26. The standard InChI is InChI=1S/C20H16Cl2N6O2/c1-11-8-12(2)17(13(9-11)19(29)25-7-5-23)26-20(30)15-10-16(22)27-28(15)18-14(21)4-3-6-24-18/h3-4,6,8-10H,7H2,1-2H3,(H,25,29)(H,26,30). The van der Waals surface area contributed by atoms with Gasteiger partial charge in [0.1, 0.15) is 12.2 Å². The van der Waals surface area contributed by atoms with E-state index in [1.54, 1.807) is 25.1 Å². The molecule has 0 bridgehead atoms. The fraction of sp³-hybridized carbons (Fsp3) is 0.150. The molecule has 0 unspecified atom stereocenters. The molecule has 0 atom stereocenters. The second kappa shape index (κ2) is 8.95. The first-order valence-electron chi connectivity index (χ1n) is 8.76. The van der Waals surface area contributed by atoms with E-state index in [1.807, 2.05) is 19.1 Å². The maximum absolute atomic E-state index is 13.1. The molecule has 0 aliphatic rings. The number of aromatic nitrogens is 3. The highest BCUT2D eigenvalue weighted by Gasteiger charge is 2.22. The monoisotopic (exact) mass is 442 g/mol. The second-order valence-corrected chi connectivity index (χ2v) is 7.17. The van der Waals surface area contributed by atoms with Crippen molar-refractivity contribution in [2.24, 2.45) is 0 Å². The van der Waals surface area contributed by atoms with Gasteiger partial charge in [-0.05, 0) is 43.2 Å². The van der Waals surface area contributed by atoms with Crippen LogP contribution in [0.25, 0.3) is 5.82 Å². The largest absolute Gasteiger partial charge is 0.339 e. The van der Waals surface area contributed by atoms with Gasteiger partial charge in [-0.25, -0.2) is 9.67 Å². The summed E-state index contributed by atoms with van der Waals surface area (Å²) in [5.74, 6) is -0.792. The van der Waals surface area contributed by atoms with E-state index >= 15 is 0 Å². The third-order valence-electron chi connectivity index (χ3n) is 4.14. The molecule has 0 aliphatic heterocycles. The fourth-order valence-corrected chi connectivity index (χ4v) is 3.29. The van der Waals surface area contributed by atoms with Crippen LogP contribution in [-0.2, 0) is 0 Å². The zero-order valence-electron chi connectivity index (χ0n) is 16.0.